The molecule has 0 aromatic carbocycles. The molecular formula is C12H19NO4. The summed E-state index contributed by atoms with van der Waals surface area (Å²) < 4.78 is 0. The lowest BCUT2D eigenvalue weighted by Crippen LogP contribution is -2.39. The Labute approximate surface area is 100 Å². The van der Waals surface area contributed by atoms with Gasteiger partial charge < -0.3 is 10.2 Å². The summed E-state index contributed by atoms with van der Waals surface area (Å²) in [5.74, 6) is 0.0171. The summed E-state index contributed by atoms with van der Waals surface area (Å²) in [6.45, 7) is 0.388. The third-order valence-electron chi connectivity index (χ3n) is 4.13. The number of carbonyl (C=O) groups is 2. The van der Waals surface area contributed by atoms with Gasteiger partial charge in [-0.2, -0.15) is 0 Å². The van der Waals surface area contributed by atoms with Crippen LogP contribution < -0.4 is 0 Å². The number of aliphatic carboxylic acids is 1. The number of hydrogen-bond donors (Lipinski definition) is 2. The second-order valence-corrected chi connectivity index (χ2v) is 5.26. The van der Waals surface area contributed by atoms with Gasteiger partial charge >= 0.3 is 12.1 Å². The summed E-state index contributed by atoms with van der Waals surface area (Å²) in [4.78, 5) is 23.0. The normalized spacial score (nSPS) is 29.1. The van der Waals surface area contributed by atoms with Crippen LogP contribution in [0.5, 0.6) is 0 Å². The highest BCUT2D eigenvalue weighted by Crippen LogP contribution is 2.34. The van der Waals surface area contributed by atoms with E-state index in [1.165, 1.54) is 19.3 Å². The van der Waals surface area contributed by atoms with Crippen molar-refractivity contribution < 1.29 is 19.8 Å². The molecule has 1 saturated heterocycles. The molecule has 1 saturated carbocycles. The smallest absolute Gasteiger partial charge is 0.408 e. The zero-order valence-electron chi connectivity index (χ0n) is 9.84. The molecule has 5 nitrogen and oxygen atoms in total. The number of hydrogen-bond acceptors (Lipinski definition) is 2. The van der Waals surface area contributed by atoms with Crippen LogP contribution in [0.4, 0.5) is 4.79 Å². The van der Waals surface area contributed by atoms with Crippen LogP contribution in [0.3, 0.4) is 0 Å². The van der Waals surface area contributed by atoms with Gasteiger partial charge in [-0.05, 0) is 24.7 Å². The molecule has 2 fully saturated rings. The molecule has 1 heterocycles. The van der Waals surface area contributed by atoms with E-state index < -0.39 is 18.1 Å². The van der Waals surface area contributed by atoms with E-state index in [-0.39, 0.29) is 5.92 Å². The minimum atomic E-state index is -1.11. The molecule has 2 N–H and O–H groups in total. The Morgan fingerprint density at radius 3 is 2.18 bits per heavy atom. The highest BCUT2D eigenvalue weighted by Gasteiger charge is 2.39. The molecule has 0 spiro atoms. The van der Waals surface area contributed by atoms with E-state index in [9.17, 15) is 9.59 Å². The molecule has 0 aromatic rings. The number of amides is 1. The van der Waals surface area contributed by atoms with Crippen LogP contribution in [0.2, 0.25) is 0 Å². The summed E-state index contributed by atoms with van der Waals surface area (Å²) in [5, 5.41) is 17.9. The molecule has 2 aliphatic rings. The number of rotatable bonds is 4. The van der Waals surface area contributed by atoms with Crippen molar-refractivity contribution in [1.29, 1.82) is 0 Å². The Balaban J connectivity index is 1.84. The maximum absolute atomic E-state index is 11.0. The Morgan fingerprint density at radius 2 is 1.76 bits per heavy atom. The molecular weight excluding hydrogens is 222 g/mol. The Kier molecular flexibility index (Phi) is 3.54. The molecule has 17 heavy (non-hydrogen) atoms. The molecule has 2 atom stereocenters. The number of carboxylic acids is 1. The van der Waals surface area contributed by atoms with E-state index in [2.05, 4.69) is 0 Å². The fourth-order valence-electron chi connectivity index (χ4n) is 2.83. The molecule has 2 rings (SSSR count). The topological polar surface area (TPSA) is 77.8 Å². The van der Waals surface area contributed by atoms with E-state index in [0.717, 1.165) is 23.7 Å². The average molecular weight is 241 g/mol. The summed E-state index contributed by atoms with van der Waals surface area (Å²) >= 11 is 0. The predicted octanol–water partition coefficient (Wildman–Crippen LogP) is 2.02. The van der Waals surface area contributed by atoms with Gasteiger partial charge in [-0.15, -0.1) is 0 Å². The van der Waals surface area contributed by atoms with Crippen molar-refractivity contribution in [3.05, 3.63) is 0 Å². The SMILES string of the molecule is O=C(O)[C@@H]1C[C@@H](CCC2CCC2)CN1C(=O)O. The summed E-state index contributed by atoms with van der Waals surface area (Å²) in [5.41, 5.74) is 0. The number of carboxylic acid groups (broad SMARTS) is 2. The summed E-state index contributed by atoms with van der Waals surface area (Å²) in [6.07, 6.45) is 5.37. The van der Waals surface area contributed by atoms with Crippen molar-refractivity contribution in [2.24, 2.45) is 11.8 Å². The minimum absolute atomic E-state index is 0.229. The molecule has 5 heteroatoms. The third-order valence-corrected chi connectivity index (χ3v) is 4.13. The molecule has 0 radical (unpaired) electrons. The fraction of sp³-hybridized carbons (Fsp3) is 0.833. The predicted molar refractivity (Wildman–Crippen MR) is 60.8 cm³/mol. The Hall–Kier alpha value is -1.26. The first-order valence-corrected chi connectivity index (χ1v) is 6.30. The second kappa shape index (κ2) is 4.94. The lowest BCUT2D eigenvalue weighted by atomic mass is 9.80. The average Bonchev–Trinajstić information content (AvgIpc) is 2.59. The first kappa shape index (κ1) is 12.2. The van der Waals surface area contributed by atoms with E-state index in [1.807, 2.05) is 0 Å². The monoisotopic (exact) mass is 241 g/mol. The highest BCUT2D eigenvalue weighted by atomic mass is 16.4. The van der Waals surface area contributed by atoms with E-state index in [4.69, 9.17) is 10.2 Å². The van der Waals surface area contributed by atoms with Gasteiger partial charge in [-0.1, -0.05) is 25.7 Å². The lowest BCUT2D eigenvalue weighted by Gasteiger charge is -2.26. The van der Waals surface area contributed by atoms with Crippen molar-refractivity contribution >= 4 is 12.1 Å². The fourth-order valence-corrected chi connectivity index (χ4v) is 2.83. The quantitative estimate of drug-likeness (QED) is 0.789. The standard InChI is InChI=1S/C12H19NO4/c14-11(15)10-6-9(7-13(10)12(16)17)5-4-8-2-1-3-8/h8-10H,1-7H2,(H,14,15)(H,16,17)/t9-,10+/m1/s1. The van der Waals surface area contributed by atoms with Gasteiger partial charge in [0, 0.05) is 6.54 Å². The van der Waals surface area contributed by atoms with Crippen LogP contribution >= 0.6 is 0 Å². The van der Waals surface area contributed by atoms with Gasteiger partial charge in [0.05, 0.1) is 0 Å². The van der Waals surface area contributed by atoms with Gasteiger partial charge in [-0.25, -0.2) is 9.59 Å². The molecule has 0 bridgehead atoms. The molecule has 0 unspecified atom stereocenters. The molecule has 96 valence electrons. The third kappa shape index (κ3) is 2.70. The van der Waals surface area contributed by atoms with Crippen LogP contribution in [0.25, 0.3) is 0 Å². The number of likely N-dealkylation sites (tertiary alicyclic amines) is 1. The molecule has 1 aliphatic carbocycles. The Bertz CT molecular complexity index is 292. The van der Waals surface area contributed by atoms with Crippen LogP contribution in [-0.2, 0) is 4.79 Å². The first-order chi connectivity index (χ1) is 8.08. The van der Waals surface area contributed by atoms with E-state index >= 15 is 0 Å². The van der Waals surface area contributed by atoms with Crippen LogP contribution in [0.15, 0.2) is 0 Å². The van der Waals surface area contributed by atoms with E-state index in [0.29, 0.717) is 13.0 Å². The van der Waals surface area contributed by atoms with Crippen LogP contribution in [0.1, 0.15) is 38.5 Å². The van der Waals surface area contributed by atoms with Gasteiger partial charge in [0.25, 0.3) is 0 Å². The lowest BCUT2D eigenvalue weighted by molar-refractivity contribution is -0.141. The zero-order chi connectivity index (χ0) is 12.4. The number of nitrogens with zero attached hydrogens (tertiary/aromatic N) is 1. The summed E-state index contributed by atoms with van der Waals surface area (Å²) in [7, 11) is 0. The van der Waals surface area contributed by atoms with Crippen molar-refractivity contribution in [3.63, 3.8) is 0 Å². The molecule has 1 aliphatic heterocycles. The van der Waals surface area contributed by atoms with Crippen LogP contribution in [-0.4, -0.2) is 39.8 Å². The summed E-state index contributed by atoms with van der Waals surface area (Å²) in [6, 6.07) is -0.834. The van der Waals surface area contributed by atoms with Crippen LogP contribution in [0, 0.1) is 11.8 Å². The largest absolute Gasteiger partial charge is 0.480 e. The van der Waals surface area contributed by atoms with Gasteiger partial charge in [0.1, 0.15) is 6.04 Å². The van der Waals surface area contributed by atoms with Gasteiger partial charge in [-0.3, -0.25) is 4.90 Å². The minimum Gasteiger partial charge on any atom is -0.480 e. The molecule has 0 aromatic heterocycles. The van der Waals surface area contributed by atoms with Gasteiger partial charge in [0.15, 0.2) is 0 Å². The maximum Gasteiger partial charge on any atom is 0.408 e. The van der Waals surface area contributed by atoms with Crippen molar-refractivity contribution in [2.45, 2.75) is 44.6 Å². The zero-order valence-corrected chi connectivity index (χ0v) is 9.84. The molecule has 1 amide bonds. The van der Waals surface area contributed by atoms with Crippen molar-refractivity contribution in [3.8, 4) is 0 Å². The van der Waals surface area contributed by atoms with Crippen molar-refractivity contribution in [1.82, 2.24) is 4.90 Å². The second-order valence-electron chi connectivity index (χ2n) is 5.26. The first-order valence-electron chi connectivity index (χ1n) is 6.30. The van der Waals surface area contributed by atoms with E-state index in [1.54, 1.807) is 0 Å². The maximum atomic E-state index is 11.0. The van der Waals surface area contributed by atoms with Gasteiger partial charge in [0.2, 0.25) is 0 Å². The Morgan fingerprint density at radius 1 is 1.12 bits per heavy atom. The van der Waals surface area contributed by atoms with Crippen molar-refractivity contribution in [2.75, 3.05) is 6.54 Å². The highest BCUT2D eigenvalue weighted by molar-refractivity contribution is 5.80.